The molecule has 0 aliphatic carbocycles. The van der Waals surface area contributed by atoms with Gasteiger partial charge in [-0.05, 0) is 32.4 Å². The normalized spacial score (nSPS) is 17.7. The number of hydrogen-bond acceptors (Lipinski definition) is 6. The van der Waals surface area contributed by atoms with Gasteiger partial charge in [0, 0.05) is 11.6 Å². The summed E-state index contributed by atoms with van der Waals surface area (Å²) in [5.74, 6) is 1.20. The third-order valence-corrected chi connectivity index (χ3v) is 4.00. The van der Waals surface area contributed by atoms with Gasteiger partial charge >= 0.3 is 6.03 Å². The maximum atomic E-state index is 11.9. The van der Waals surface area contributed by atoms with Gasteiger partial charge in [-0.15, -0.1) is 11.3 Å². The molecule has 1 unspecified atom stereocenters. The van der Waals surface area contributed by atoms with Crippen LogP contribution in [0, 0.1) is 6.92 Å². The van der Waals surface area contributed by atoms with Crippen LogP contribution in [0.5, 0.6) is 0 Å². The number of aromatic nitrogens is 3. The van der Waals surface area contributed by atoms with E-state index in [-0.39, 0.29) is 12.1 Å². The number of carbonyl (C=O) groups is 1. The molecule has 0 aromatic carbocycles. The molecule has 8 heteroatoms. The molecule has 2 aromatic heterocycles. The number of nitrogens with one attached hydrogen (secondary N) is 3. The third kappa shape index (κ3) is 3.53. The van der Waals surface area contributed by atoms with Gasteiger partial charge in [0.05, 0.1) is 11.7 Å². The van der Waals surface area contributed by atoms with Crippen molar-refractivity contribution in [2.24, 2.45) is 0 Å². The van der Waals surface area contributed by atoms with Gasteiger partial charge in [0.2, 0.25) is 0 Å². The van der Waals surface area contributed by atoms with Crippen LogP contribution in [0.1, 0.15) is 30.4 Å². The first-order valence-corrected chi connectivity index (χ1v) is 7.65. The molecule has 0 radical (unpaired) electrons. The lowest BCUT2D eigenvalue weighted by Crippen LogP contribution is -2.21. The standard InChI is InChI=1S/C13H16N6OS/c1-8-7-21-13(16-8)19-12(20)18-10-4-6-15-11(17-10)9-3-2-5-14-9/h4,6-7,9,14H,2-3,5H2,1H3,(H2,15,16,17,18,19,20). The largest absolute Gasteiger partial charge is 0.326 e. The molecule has 1 aliphatic rings. The number of aryl methyl sites for hydroxylation is 1. The number of amides is 2. The average molecular weight is 304 g/mol. The van der Waals surface area contributed by atoms with Crippen molar-refractivity contribution in [3.63, 3.8) is 0 Å². The predicted molar refractivity (Wildman–Crippen MR) is 81.5 cm³/mol. The Morgan fingerprint density at radius 2 is 2.33 bits per heavy atom. The van der Waals surface area contributed by atoms with Gasteiger partial charge in [0.1, 0.15) is 11.6 Å². The van der Waals surface area contributed by atoms with Crippen LogP contribution in [-0.2, 0) is 0 Å². The van der Waals surface area contributed by atoms with E-state index in [1.165, 1.54) is 11.3 Å². The summed E-state index contributed by atoms with van der Waals surface area (Å²) in [6, 6.07) is 1.50. The predicted octanol–water partition coefficient (Wildman–Crippen LogP) is 2.31. The Labute approximate surface area is 126 Å². The Morgan fingerprint density at radius 1 is 1.43 bits per heavy atom. The van der Waals surface area contributed by atoms with Crippen LogP contribution in [0.3, 0.4) is 0 Å². The van der Waals surface area contributed by atoms with E-state index in [0.717, 1.165) is 30.9 Å². The topological polar surface area (TPSA) is 91.8 Å². The van der Waals surface area contributed by atoms with Crippen LogP contribution < -0.4 is 16.0 Å². The molecule has 2 aromatic rings. The molecule has 1 aliphatic heterocycles. The van der Waals surface area contributed by atoms with Gasteiger partial charge in [-0.1, -0.05) is 0 Å². The molecule has 110 valence electrons. The molecule has 0 saturated carbocycles. The first-order valence-electron chi connectivity index (χ1n) is 6.77. The summed E-state index contributed by atoms with van der Waals surface area (Å²) >= 11 is 1.39. The van der Waals surface area contributed by atoms with Gasteiger partial charge in [-0.25, -0.2) is 19.7 Å². The molecule has 0 bridgehead atoms. The first-order chi connectivity index (χ1) is 10.2. The van der Waals surface area contributed by atoms with Crippen molar-refractivity contribution in [1.29, 1.82) is 0 Å². The Morgan fingerprint density at radius 3 is 3.05 bits per heavy atom. The molecule has 0 spiro atoms. The quantitative estimate of drug-likeness (QED) is 0.809. The monoisotopic (exact) mass is 304 g/mol. The molecular weight excluding hydrogens is 288 g/mol. The first kappa shape index (κ1) is 13.9. The number of urea groups is 1. The van der Waals surface area contributed by atoms with Crippen molar-refractivity contribution < 1.29 is 4.79 Å². The van der Waals surface area contributed by atoms with Crippen molar-refractivity contribution in [3.05, 3.63) is 29.2 Å². The number of rotatable bonds is 3. The number of carbonyl (C=O) groups excluding carboxylic acids is 1. The fraction of sp³-hybridized carbons (Fsp3) is 0.385. The van der Waals surface area contributed by atoms with E-state index in [9.17, 15) is 4.79 Å². The second kappa shape index (κ2) is 6.15. The summed E-state index contributed by atoms with van der Waals surface area (Å²) in [6.45, 7) is 2.86. The lowest BCUT2D eigenvalue weighted by atomic mass is 10.2. The number of anilines is 2. The number of thiazole rings is 1. The van der Waals surface area contributed by atoms with E-state index >= 15 is 0 Å². The lowest BCUT2D eigenvalue weighted by Gasteiger charge is -2.10. The zero-order chi connectivity index (χ0) is 14.7. The second-order valence-corrected chi connectivity index (χ2v) is 5.68. The molecule has 3 rings (SSSR count). The van der Waals surface area contributed by atoms with Crippen molar-refractivity contribution in [1.82, 2.24) is 20.3 Å². The van der Waals surface area contributed by atoms with Crippen LogP contribution in [0.2, 0.25) is 0 Å². The van der Waals surface area contributed by atoms with Gasteiger partial charge in [0.15, 0.2) is 5.13 Å². The Bertz CT molecular complexity index is 637. The van der Waals surface area contributed by atoms with Crippen LogP contribution in [-0.4, -0.2) is 27.5 Å². The lowest BCUT2D eigenvalue weighted by molar-refractivity contribution is 0.262. The smallest absolute Gasteiger partial charge is 0.307 e. The van der Waals surface area contributed by atoms with Crippen LogP contribution in [0.4, 0.5) is 15.7 Å². The molecule has 2 amide bonds. The molecule has 21 heavy (non-hydrogen) atoms. The molecule has 3 N–H and O–H groups in total. The zero-order valence-corrected chi connectivity index (χ0v) is 12.4. The Hall–Kier alpha value is -2.06. The highest BCUT2D eigenvalue weighted by molar-refractivity contribution is 7.13. The molecule has 3 heterocycles. The minimum Gasteiger partial charge on any atom is -0.307 e. The van der Waals surface area contributed by atoms with Crippen molar-refractivity contribution in [3.8, 4) is 0 Å². The minimum absolute atomic E-state index is 0.177. The van der Waals surface area contributed by atoms with Crippen molar-refractivity contribution in [2.75, 3.05) is 17.2 Å². The summed E-state index contributed by atoms with van der Waals surface area (Å²) in [6.07, 6.45) is 3.80. The molecule has 1 atom stereocenters. The van der Waals surface area contributed by atoms with E-state index < -0.39 is 0 Å². The highest BCUT2D eigenvalue weighted by Gasteiger charge is 2.19. The maximum Gasteiger partial charge on any atom is 0.326 e. The van der Waals surface area contributed by atoms with E-state index in [1.54, 1.807) is 12.3 Å². The Balaban J connectivity index is 1.64. The van der Waals surface area contributed by atoms with E-state index in [1.807, 2.05) is 12.3 Å². The van der Waals surface area contributed by atoms with Crippen LogP contribution in [0.25, 0.3) is 0 Å². The second-order valence-electron chi connectivity index (χ2n) is 4.82. The van der Waals surface area contributed by atoms with E-state index in [0.29, 0.717) is 10.9 Å². The Kier molecular flexibility index (Phi) is 4.07. The SMILES string of the molecule is Cc1csc(NC(=O)Nc2ccnc(C3CCCN3)n2)n1. The van der Waals surface area contributed by atoms with Crippen LogP contribution in [0.15, 0.2) is 17.6 Å². The van der Waals surface area contributed by atoms with E-state index in [4.69, 9.17) is 0 Å². The van der Waals surface area contributed by atoms with Gasteiger partial charge in [-0.2, -0.15) is 0 Å². The summed E-state index contributed by atoms with van der Waals surface area (Å²) in [5.41, 5.74) is 0.881. The number of hydrogen-bond donors (Lipinski definition) is 3. The van der Waals surface area contributed by atoms with Crippen molar-refractivity contribution >= 4 is 28.3 Å². The molecule has 1 fully saturated rings. The molecule has 1 saturated heterocycles. The van der Waals surface area contributed by atoms with E-state index in [2.05, 4.69) is 30.9 Å². The fourth-order valence-electron chi connectivity index (χ4n) is 2.17. The average Bonchev–Trinajstić information content (AvgIpc) is 3.11. The highest BCUT2D eigenvalue weighted by Crippen LogP contribution is 2.20. The zero-order valence-electron chi connectivity index (χ0n) is 11.6. The van der Waals surface area contributed by atoms with Gasteiger partial charge in [-0.3, -0.25) is 10.6 Å². The van der Waals surface area contributed by atoms with Crippen LogP contribution >= 0.6 is 11.3 Å². The van der Waals surface area contributed by atoms with Gasteiger partial charge in [0.25, 0.3) is 0 Å². The maximum absolute atomic E-state index is 11.9. The third-order valence-electron chi connectivity index (χ3n) is 3.13. The fourth-order valence-corrected chi connectivity index (χ4v) is 2.86. The summed E-state index contributed by atoms with van der Waals surface area (Å²) in [4.78, 5) is 24.7. The minimum atomic E-state index is -0.353. The number of nitrogens with zero attached hydrogens (tertiary/aromatic N) is 3. The molecular formula is C13H16N6OS. The van der Waals surface area contributed by atoms with Crippen molar-refractivity contribution in [2.45, 2.75) is 25.8 Å². The summed E-state index contributed by atoms with van der Waals surface area (Å²) in [7, 11) is 0. The summed E-state index contributed by atoms with van der Waals surface area (Å²) in [5, 5.41) is 11.2. The van der Waals surface area contributed by atoms with Gasteiger partial charge < -0.3 is 5.32 Å². The summed E-state index contributed by atoms with van der Waals surface area (Å²) < 4.78 is 0. The highest BCUT2D eigenvalue weighted by atomic mass is 32.1. The molecule has 7 nitrogen and oxygen atoms in total.